The van der Waals surface area contributed by atoms with Gasteiger partial charge in [-0.1, -0.05) is 47.7 Å². The van der Waals surface area contributed by atoms with Gasteiger partial charge in [0.15, 0.2) is 4.34 Å². The third-order valence-electron chi connectivity index (χ3n) is 3.09. The second kappa shape index (κ2) is 6.37. The molecule has 0 saturated heterocycles. The smallest absolute Gasteiger partial charge is 0.240 e. The molecule has 7 heteroatoms. The maximum Gasteiger partial charge on any atom is 0.240 e. The van der Waals surface area contributed by atoms with Crippen molar-refractivity contribution in [3.8, 4) is 0 Å². The van der Waals surface area contributed by atoms with Gasteiger partial charge in [0.25, 0.3) is 0 Å². The summed E-state index contributed by atoms with van der Waals surface area (Å²) in [4.78, 5) is 13.6. The van der Waals surface area contributed by atoms with Gasteiger partial charge >= 0.3 is 0 Å². The molecule has 0 spiro atoms. The maximum atomic E-state index is 12.3. The number of hydrogen-bond donors (Lipinski definition) is 1. The van der Waals surface area contributed by atoms with Crippen LogP contribution in [0.5, 0.6) is 0 Å². The number of carbonyl (C=O) groups excluding carboxylic acids is 1. The number of carbonyl (C=O) groups is 1. The second-order valence-corrected chi connectivity index (χ2v) is 8.45. The lowest BCUT2D eigenvalue weighted by Crippen LogP contribution is -2.24. The third-order valence-corrected chi connectivity index (χ3v) is 6.25. The van der Waals surface area contributed by atoms with Crippen molar-refractivity contribution in [2.75, 3.05) is 11.1 Å². The highest BCUT2D eigenvalue weighted by Gasteiger charge is 2.28. The van der Waals surface area contributed by atoms with Gasteiger partial charge in [0.05, 0.1) is 5.25 Å². The minimum atomic E-state index is -0.0759. The average Bonchev–Trinajstić information content (AvgIpc) is 3.05. The molecule has 0 radical (unpaired) electrons. The van der Waals surface area contributed by atoms with E-state index in [1.54, 1.807) is 23.5 Å². The molecule has 0 bridgehead atoms. The van der Waals surface area contributed by atoms with Gasteiger partial charge in [0.1, 0.15) is 0 Å². The zero-order valence-corrected chi connectivity index (χ0v) is 14.2. The number of amides is 1. The Morgan fingerprint density at radius 1 is 1.48 bits per heavy atom. The Hall–Kier alpha value is -1.05. The highest BCUT2D eigenvalue weighted by Crippen LogP contribution is 2.38. The minimum Gasteiger partial charge on any atom is -0.300 e. The van der Waals surface area contributed by atoms with Crippen molar-refractivity contribution in [2.45, 2.75) is 34.8 Å². The number of hydrogen-bond acceptors (Lipinski definition) is 6. The average molecular weight is 337 g/mol. The van der Waals surface area contributed by atoms with Crippen LogP contribution in [0.4, 0.5) is 5.13 Å². The van der Waals surface area contributed by atoms with Crippen molar-refractivity contribution < 1.29 is 4.79 Å². The number of anilines is 1. The van der Waals surface area contributed by atoms with Crippen molar-refractivity contribution in [1.29, 1.82) is 0 Å². The molecule has 0 saturated carbocycles. The first-order valence-electron chi connectivity index (χ1n) is 6.69. The fourth-order valence-electron chi connectivity index (χ4n) is 2.11. The van der Waals surface area contributed by atoms with Crippen LogP contribution in [0, 0.1) is 6.92 Å². The van der Waals surface area contributed by atoms with Gasteiger partial charge in [0, 0.05) is 4.90 Å². The Morgan fingerprint density at radius 3 is 3.14 bits per heavy atom. The summed E-state index contributed by atoms with van der Waals surface area (Å²) < 4.78 is 0.894. The summed E-state index contributed by atoms with van der Waals surface area (Å²) in [5.74, 6) is 0.966. The summed E-state index contributed by atoms with van der Waals surface area (Å²) in [6.45, 7) is 4.14. The Kier molecular flexibility index (Phi) is 4.51. The van der Waals surface area contributed by atoms with Crippen LogP contribution in [0.25, 0.3) is 0 Å². The van der Waals surface area contributed by atoms with Crippen LogP contribution in [0.2, 0.25) is 0 Å². The Bertz CT molecular complexity index is 671. The fraction of sp³-hybridized carbons (Fsp3) is 0.357. The number of nitrogens with one attached hydrogen (secondary N) is 1. The molecule has 1 aromatic heterocycles. The standard InChI is InChI=1S/C14H15N3OS3/c1-3-19-14-17-16-13(21-14)15-12(18)11-7-9-5-4-8(2)6-10(9)20-11/h4-6,11H,3,7H2,1-2H3,(H,15,16,18)/t11-/m0/s1. The molecule has 1 atom stereocenters. The molecule has 1 aliphatic heterocycles. The van der Waals surface area contributed by atoms with Crippen molar-refractivity contribution in [1.82, 2.24) is 10.2 Å². The summed E-state index contributed by atoms with van der Waals surface area (Å²) in [5, 5.41) is 11.5. The molecule has 4 nitrogen and oxygen atoms in total. The quantitative estimate of drug-likeness (QED) is 0.682. The lowest BCUT2D eigenvalue weighted by atomic mass is 10.1. The molecule has 3 rings (SSSR count). The molecule has 110 valence electrons. The van der Waals surface area contributed by atoms with Crippen LogP contribution >= 0.6 is 34.9 Å². The maximum absolute atomic E-state index is 12.3. The van der Waals surface area contributed by atoms with E-state index in [0.717, 1.165) is 16.5 Å². The molecule has 1 amide bonds. The van der Waals surface area contributed by atoms with Crippen LogP contribution in [-0.2, 0) is 11.2 Å². The van der Waals surface area contributed by atoms with E-state index < -0.39 is 0 Å². The Balaban J connectivity index is 1.64. The zero-order chi connectivity index (χ0) is 14.8. The molecule has 0 unspecified atom stereocenters. The van der Waals surface area contributed by atoms with Crippen molar-refractivity contribution in [3.05, 3.63) is 29.3 Å². The molecule has 21 heavy (non-hydrogen) atoms. The van der Waals surface area contributed by atoms with E-state index in [2.05, 4.69) is 47.6 Å². The molecule has 0 fully saturated rings. The van der Waals surface area contributed by atoms with E-state index >= 15 is 0 Å². The summed E-state index contributed by atoms with van der Waals surface area (Å²) in [6.07, 6.45) is 0.779. The van der Waals surface area contributed by atoms with Crippen LogP contribution in [0.3, 0.4) is 0 Å². The van der Waals surface area contributed by atoms with Gasteiger partial charge in [0.2, 0.25) is 11.0 Å². The number of rotatable bonds is 4. The first-order chi connectivity index (χ1) is 10.2. The van der Waals surface area contributed by atoms with Gasteiger partial charge in [-0.05, 0) is 30.7 Å². The van der Waals surface area contributed by atoms with Gasteiger partial charge in [-0.25, -0.2) is 0 Å². The molecule has 0 aliphatic carbocycles. The van der Waals surface area contributed by atoms with Crippen LogP contribution in [0.1, 0.15) is 18.1 Å². The molecule has 1 aliphatic rings. The molecular weight excluding hydrogens is 322 g/mol. The fourth-order valence-corrected chi connectivity index (χ4v) is 5.05. The zero-order valence-electron chi connectivity index (χ0n) is 11.8. The normalized spacial score (nSPS) is 16.8. The monoisotopic (exact) mass is 337 g/mol. The van der Waals surface area contributed by atoms with Gasteiger partial charge in [-0.15, -0.1) is 22.0 Å². The molecule has 1 N–H and O–H groups in total. The first-order valence-corrected chi connectivity index (χ1v) is 9.37. The van der Waals surface area contributed by atoms with Crippen molar-refractivity contribution in [2.24, 2.45) is 0 Å². The minimum absolute atomic E-state index is 0.0121. The van der Waals surface area contributed by atoms with E-state index in [1.807, 2.05) is 0 Å². The number of aryl methyl sites for hydroxylation is 1. The summed E-state index contributed by atoms with van der Waals surface area (Å²) in [5.41, 5.74) is 2.48. The number of nitrogens with zero attached hydrogens (tertiary/aromatic N) is 2. The second-order valence-electron chi connectivity index (χ2n) is 4.72. The van der Waals surface area contributed by atoms with Crippen LogP contribution < -0.4 is 5.32 Å². The number of thioether (sulfide) groups is 2. The topological polar surface area (TPSA) is 54.9 Å². The van der Waals surface area contributed by atoms with E-state index in [9.17, 15) is 4.79 Å². The number of aromatic nitrogens is 2. The van der Waals surface area contributed by atoms with Gasteiger partial charge < -0.3 is 0 Å². The van der Waals surface area contributed by atoms with Crippen molar-refractivity contribution in [3.63, 3.8) is 0 Å². The molecule has 1 aromatic carbocycles. The first kappa shape index (κ1) is 14.9. The van der Waals surface area contributed by atoms with E-state index in [4.69, 9.17) is 0 Å². The lowest BCUT2D eigenvalue weighted by Gasteiger charge is -2.06. The lowest BCUT2D eigenvalue weighted by molar-refractivity contribution is -0.115. The summed E-state index contributed by atoms with van der Waals surface area (Å²) in [6, 6.07) is 6.36. The number of fused-ring (bicyclic) bond motifs is 1. The molecule has 2 aromatic rings. The van der Waals surface area contributed by atoms with Gasteiger partial charge in [-0.2, -0.15) is 0 Å². The summed E-state index contributed by atoms with van der Waals surface area (Å²) in [7, 11) is 0. The highest BCUT2D eigenvalue weighted by molar-refractivity contribution is 8.01. The van der Waals surface area contributed by atoms with Crippen LogP contribution in [0.15, 0.2) is 27.4 Å². The van der Waals surface area contributed by atoms with Crippen LogP contribution in [-0.4, -0.2) is 27.1 Å². The predicted molar refractivity (Wildman–Crippen MR) is 89.5 cm³/mol. The van der Waals surface area contributed by atoms with E-state index in [0.29, 0.717) is 5.13 Å². The third kappa shape index (κ3) is 3.41. The van der Waals surface area contributed by atoms with Gasteiger partial charge in [-0.3, -0.25) is 10.1 Å². The van der Waals surface area contributed by atoms with E-state index in [-0.39, 0.29) is 11.2 Å². The SMILES string of the molecule is CCSc1nnc(NC(=O)[C@@H]2Cc3ccc(C)cc3S2)s1. The molecular formula is C14H15N3OS3. The highest BCUT2D eigenvalue weighted by atomic mass is 32.2. The van der Waals surface area contributed by atoms with Crippen molar-refractivity contribution >= 4 is 45.9 Å². The predicted octanol–water partition coefficient (Wildman–Crippen LogP) is 3.61. The largest absolute Gasteiger partial charge is 0.300 e. The molecule has 2 heterocycles. The Morgan fingerprint density at radius 2 is 2.33 bits per heavy atom. The number of benzene rings is 1. The summed E-state index contributed by atoms with van der Waals surface area (Å²) >= 11 is 4.70. The van der Waals surface area contributed by atoms with E-state index in [1.165, 1.54) is 27.4 Å². The Labute approximate surface area is 136 Å².